The van der Waals surface area contributed by atoms with E-state index in [1.54, 1.807) is 0 Å². The first-order valence-corrected chi connectivity index (χ1v) is 2.71. The Labute approximate surface area is 98.5 Å². The number of carbonyl (C=O) groups excluding carboxylic acids is 1. The second kappa shape index (κ2) is 13.9. The molecule has 72 valence electrons. The van der Waals surface area contributed by atoms with Crippen LogP contribution in [0.1, 0.15) is 0 Å². The zero-order valence-electron chi connectivity index (χ0n) is 5.97. The minimum atomic E-state index is -4.67. The third kappa shape index (κ3) is 8770. The first-order chi connectivity index (χ1) is 3.73. The van der Waals surface area contributed by atoms with Crippen molar-refractivity contribution in [2.75, 3.05) is 0 Å². The normalized spacial score (nSPS) is 6.83. The van der Waals surface area contributed by atoms with Gasteiger partial charge < -0.3 is 27.3 Å². The van der Waals surface area contributed by atoms with Gasteiger partial charge in [0.05, 0.1) is 0 Å². The molecule has 0 rings (SSSR count). The molecule has 11 heteroatoms. The molecular weight excluding hydrogens is 224 g/mol. The summed E-state index contributed by atoms with van der Waals surface area (Å²) in [6.45, 7) is 0. The third-order valence-corrected chi connectivity index (χ3v) is 0. The van der Waals surface area contributed by atoms with Gasteiger partial charge in [-0.3, -0.25) is 9.11 Å². The van der Waals surface area contributed by atoms with Gasteiger partial charge in [-0.15, -0.1) is 0 Å². The van der Waals surface area contributed by atoms with Crippen LogP contribution in [0.3, 0.4) is 0 Å². The van der Waals surface area contributed by atoms with Gasteiger partial charge in [0, 0.05) is 0 Å². The number of hydrogen-bond acceptors (Lipinski definition) is 7. The molecule has 0 heterocycles. The topological polar surface area (TPSA) is 208 Å². The van der Waals surface area contributed by atoms with Gasteiger partial charge in [-0.25, -0.2) is 0 Å². The van der Waals surface area contributed by atoms with Crippen molar-refractivity contribution >= 4 is 54.3 Å². The SMILES string of the molecule is N.N.O=C([O-])[O-].O=S(=O)(O)O.[Ca+2]. The summed E-state index contributed by atoms with van der Waals surface area (Å²) in [6.07, 6.45) is -2.33. The van der Waals surface area contributed by atoms with Crippen molar-refractivity contribution in [3.05, 3.63) is 0 Å². The average molecular weight is 232 g/mol. The molecule has 0 spiro atoms. The maximum absolute atomic E-state index is 8.74. The largest absolute Gasteiger partial charge is 2.00 e. The van der Waals surface area contributed by atoms with E-state index in [1.807, 2.05) is 0 Å². The zero-order chi connectivity index (χ0) is 8.08. The summed E-state index contributed by atoms with van der Waals surface area (Å²) >= 11 is 0. The van der Waals surface area contributed by atoms with Crippen molar-refractivity contribution < 1.29 is 32.5 Å². The van der Waals surface area contributed by atoms with Crippen molar-refractivity contribution in [2.24, 2.45) is 0 Å². The molecule has 0 aliphatic heterocycles. The molecule has 0 atom stereocenters. The van der Waals surface area contributed by atoms with E-state index in [0.717, 1.165) is 0 Å². The number of rotatable bonds is 0. The van der Waals surface area contributed by atoms with Gasteiger partial charge in [0.2, 0.25) is 0 Å². The van der Waals surface area contributed by atoms with E-state index in [1.165, 1.54) is 0 Å². The number of carboxylic acid groups (broad SMARTS) is 2. The Morgan fingerprint density at radius 2 is 1.08 bits per heavy atom. The Bertz CT molecular complexity index is 164. The molecular formula is CH8CaN2O7S. The number of hydrogen-bond donors (Lipinski definition) is 4. The summed E-state index contributed by atoms with van der Waals surface area (Å²) in [4.78, 5) is 8.33. The van der Waals surface area contributed by atoms with E-state index < -0.39 is 16.6 Å². The summed E-state index contributed by atoms with van der Waals surface area (Å²) in [5.74, 6) is 0. The van der Waals surface area contributed by atoms with Crippen LogP contribution in [0.2, 0.25) is 0 Å². The van der Waals surface area contributed by atoms with Gasteiger partial charge in [-0.2, -0.15) is 8.42 Å². The van der Waals surface area contributed by atoms with Gasteiger partial charge >= 0.3 is 48.1 Å². The molecule has 9 nitrogen and oxygen atoms in total. The second-order valence-electron chi connectivity index (χ2n) is 0.698. The van der Waals surface area contributed by atoms with E-state index in [2.05, 4.69) is 0 Å². The van der Waals surface area contributed by atoms with Gasteiger partial charge in [0.1, 0.15) is 0 Å². The van der Waals surface area contributed by atoms with Crippen LogP contribution in [0.4, 0.5) is 4.79 Å². The molecule has 0 amide bonds. The van der Waals surface area contributed by atoms with Gasteiger partial charge in [-0.1, -0.05) is 0 Å². The Hall–Kier alpha value is 0.320. The molecule has 0 unspecified atom stereocenters. The van der Waals surface area contributed by atoms with Crippen LogP contribution in [-0.4, -0.2) is 61.4 Å². The fourth-order valence-corrected chi connectivity index (χ4v) is 0. The van der Waals surface area contributed by atoms with E-state index in [0.29, 0.717) is 0 Å². The molecule has 0 aromatic carbocycles. The first-order valence-electron chi connectivity index (χ1n) is 1.31. The first kappa shape index (κ1) is 29.5. The Morgan fingerprint density at radius 3 is 1.08 bits per heavy atom. The summed E-state index contributed by atoms with van der Waals surface area (Å²) in [5, 5.41) is 16.7. The van der Waals surface area contributed by atoms with Crippen LogP contribution < -0.4 is 22.5 Å². The molecule has 0 radical (unpaired) electrons. The third-order valence-electron chi connectivity index (χ3n) is 0. The Morgan fingerprint density at radius 1 is 1.08 bits per heavy atom. The van der Waals surface area contributed by atoms with E-state index in [4.69, 9.17) is 32.5 Å². The van der Waals surface area contributed by atoms with Crippen LogP contribution in [0, 0.1) is 0 Å². The Balaban J connectivity index is -0.0000000221. The number of carbonyl (C=O) groups is 1. The zero-order valence-corrected chi connectivity index (χ0v) is 8.99. The molecule has 0 aliphatic carbocycles. The fourth-order valence-electron chi connectivity index (χ4n) is 0. The molecule has 0 bridgehead atoms. The molecule has 0 aromatic heterocycles. The molecule has 0 aromatic rings. The van der Waals surface area contributed by atoms with Crippen LogP contribution in [0.5, 0.6) is 0 Å². The van der Waals surface area contributed by atoms with E-state index >= 15 is 0 Å². The molecule has 8 N–H and O–H groups in total. The monoisotopic (exact) mass is 232 g/mol. The summed E-state index contributed by atoms with van der Waals surface area (Å²) in [6, 6.07) is 0. The summed E-state index contributed by atoms with van der Waals surface area (Å²) in [7, 11) is -4.67. The van der Waals surface area contributed by atoms with Crippen LogP contribution in [0.25, 0.3) is 0 Å². The van der Waals surface area contributed by atoms with Crippen LogP contribution in [-0.2, 0) is 10.4 Å². The van der Waals surface area contributed by atoms with Crippen molar-refractivity contribution in [3.63, 3.8) is 0 Å². The molecule has 0 aliphatic rings. The quantitative estimate of drug-likeness (QED) is 0.245. The van der Waals surface area contributed by atoms with Crippen molar-refractivity contribution in [2.45, 2.75) is 0 Å². The predicted molar refractivity (Wildman–Crippen MR) is 35.4 cm³/mol. The van der Waals surface area contributed by atoms with E-state index in [9.17, 15) is 0 Å². The predicted octanol–water partition coefficient (Wildman–Crippen LogP) is -3.16. The van der Waals surface area contributed by atoms with Crippen LogP contribution >= 0.6 is 0 Å². The van der Waals surface area contributed by atoms with Crippen LogP contribution in [0.15, 0.2) is 0 Å². The molecule has 0 fully saturated rings. The molecule has 0 saturated carbocycles. The summed E-state index contributed by atoms with van der Waals surface area (Å²) < 4.78 is 31.6. The van der Waals surface area contributed by atoms with Crippen molar-refractivity contribution in [3.8, 4) is 0 Å². The van der Waals surface area contributed by atoms with Crippen molar-refractivity contribution in [1.82, 2.24) is 12.3 Å². The standard InChI is InChI=1S/CH2O3.Ca.2H3N.H2O4S/c2-1(3)4;;;;1-5(2,3)4/h(H2,2,3,4);;2*1H3;(H2,1,2,3,4)/q;+2;;;/p-2. The fraction of sp³-hybridized carbons (Fsp3) is 0. The maximum Gasteiger partial charge on any atom is 2.00 e. The molecule has 12 heavy (non-hydrogen) atoms. The summed E-state index contributed by atoms with van der Waals surface area (Å²) in [5.41, 5.74) is 0. The smallest absolute Gasteiger partial charge is 0.652 e. The maximum atomic E-state index is 8.74. The van der Waals surface area contributed by atoms with E-state index in [-0.39, 0.29) is 50.0 Å². The second-order valence-corrected chi connectivity index (χ2v) is 1.59. The van der Waals surface area contributed by atoms with Gasteiger partial charge in [-0.05, 0) is 6.16 Å². The van der Waals surface area contributed by atoms with Crippen molar-refractivity contribution in [1.29, 1.82) is 0 Å². The average Bonchev–Trinajstić information content (AvgIpc) is 1.19. The Kier molecular flexibility index (Phi) is 34.1. The minimum absolute atomic E-state index is 0. The van der Waals surface area contributed by atoms with Gasteiger partial charge in [0.15, 0.2) is 0 Å². The van der Waals surface area contributed by atoms with Gasteiger partial charge in [0.25, 0.3) is 0 Å². The molecule has 0 saturated heterocycles. The minimum Gasteiger partial charge on any atom is -0.652 e.